The molecule has 0 aromatic heterocycles. The van der Waals surface area contributed by atoms with Gasteiger partial charge in [-0.1, -0.05) is 38.4 Å². The third kappa shape index (κ3) is 6.64. The summed E-state index contributed by atoms with van der Waals surface area (Å²) in [5.41, 5.74) is 2.79. The van der Waals surface area contributed by atoms with E-state index in [0.29, 0.717) is 12.1 Å². The van der Waals surface area contributed by atoms with Crippen LogP contribution in [0.25, 0.3) is 0 Å². The van der Waals surface area contributed by atoms with Crippen molar-refractivity contribution < 1.29 is 31.5 Å². The summed E-state index contributed by atoms with van der Waals surface area (Å²) in [6.07, 6.45) is -4.90. The molecule has 0 spiro atoms. The number of benzene rings is 2. The summed E-state index contributed by atoms with van der Waals surface area (Å²) < 4.78 is 66.5. The zero-order valence-electron chi connectivity index (χ0n) is 17.7. The predicted octanol–water partition coefficient (Wildman–Crippen LogP) is 5.24. The van der Waals surface area contributed by atoms with E-state index in [1.807, 2.05) is 5.32 Å². The molecule has 0 fully saturated rings. The Bertz CT molecular complexity index is 1110. The van der Waals surface area contributed by atoms with Crippen LogP contribution >= 0.6 is 11.6 Å². The van der Waals surface area contributed by atoms with Crippen LogP contribution in [0.3, 0.4) is 0 Å². The highest BCUT2D eigenvalue weighted by molar-refractivity contribution is 6.34. The van der Waals surface area contributed by atoms with Crippen molar-refractivity contribution in [2.24, 2.45) is 16.1 Å². The SMILES string of the molecule is CC(C)(C)C(=O)NCc1ccc(Cl)c(/C(N)=N/C(=O)Nc2ccc(C(F)(F)F)c(F)c2)c1F. The normalized spacial score (nSPS) is 12.5. The lowest BCUT2D eigenvalue weighted by Crippen LogP contribution is -2.34. The maximum absolute atomic E-state index is 14.9. The van der Waals surface area contributed by atoms with Crippen molar-refractivity contribution in [1.82, 2.24) is 5.32 Å². The van der Waals surface area contributed by atoms with Crippen LogP contribution in [-0.2, 0) is 17.5 Å². The summed E-state index contributed by atoms with van der Waals surface area (Å²) in [5, 5.41) is 4.42. The number of nitrogens with one attached hydrogen (secondary N) is 2. The zero-order valence-corrected chi connectivity index (χ0v) is 18.5. The van der Waals surface area contributed by atoms with E-state index in [1.165, 1.54) is 12.1 Å². The van der Waals surface area contributed by atoms with Gasteiger partial charge >= 0.3 is 12.2 Å². The van der Waals surface area contributed by atoms with Gasteiger partial charge in [-0.25, -0.2) is 13.6 Å². The van der Waals surface area contributed by atoms with Crippen LogP contribution in [-0.4, -0.2) is 17.8 Å². The standard InChI is InChI=1S/C21H20ClF5N4O2/c1-20(2,3)18(32)29-9-10-4-7-13(22)15(16(10)24)17(28)31-19(33)30-11-5-6-12(14(23)8-11)21(25,26)27/h4-8H,9H2,1-3H3,(H,29,32)(H3,28,30,31,33). The molecule has 2 aromatic carbocycles. The molecular weight excluding hydrogens is 471 g/mol. The molecule has 0 bridgehead atoms. The highest BCUT2D eigenvalue weighted by Gasteiger charge is 2.34. The lowest BCUT2D eigenvalue weighted by molar-refractivity contribution is -0.140. The Kier molecular flexibility index (Phi) is 7.68. The summed E-state index contributed by atoms with van der Waals surface area (Å²) in [4.78, 5) is 27.5. The van der Waals surface area contributed by atoms with Crippen molar-refractivity contribution in [2.75, 3.05) is 5.32 Å². The quantitative estimate of drug-likeness (QED) is 0.311. The topological polar surface area (TPSA) is 96.6 Å². The van der Waals surface area contributed by atoms with Gasteiger partial charge in [0.25, 0.3) is 0 Å². The van der Waals surface area contributed by atoms with E-state index >= 15 is 0 Å². The molecule has 0 radical (unpaired) electrons. The molecule has 2 rings (SSSR count). The summed E-state index contributed by atoms with van der Waals surface area (Å²) in [6.45, 7) is 4.85. The minimum Gasteiger partial charge on any atom is -0.383 e. The van der Waals surface area contributed by atoms with Gasteiger partial charge in [0.05, 0.1) is 16.1 Å². The van der Waals surface area contributed by atoms with Gasteiger partial charge in [0.1, 0.15) is 17.5 Å². The molecule has 0 heterocycles. The second kappa shape index (κ2) is 9.74. The highest BCUT2D eigenvalue weighted by atomic mass is 35.5. The van der Waals surface area contributed by atoms with Crippen molar-refractivity contribution >= 4 is 35.1 Å². The number of halogens is 6. The Morgan fingerprint density at radius 3 is 2.27 bits per heavy atom. The van der Waals surface area contributed by atoms with E-state index in [4.69, 9.17) is 17.3 Å². The molecule has 4 N–H and O–H groups in total. The number of amidine groups is 1. The molecule has 0 saturated heterocycles. The van der Waals surface area contributed by atoms with E-state index in [1.54, 1.807) is 20.8 Å². The molecule has 33 heavy (non-hydrogen) atoms. The monoisotopic (exact) mass is 490 g/mol. The van der Waals surface area contributed by atoms with Crippen LogP contribution in [0.15, 0.2) is 35.3 Å². The number of hydrogen-bond acceptors (Lipinski definition) is 2. The van der Waals surface area contributed by atoms with E-state index < -0.39 is 46.2 Å². The maximum Gasteiger partial charge on any atom is 0.419 e. The van der Waals surface area contributed by atoms with E-state index in [-0.39, 0.29) is 28.7 Å². The highest BCUT2D eigenvalue weighted by Crippen LogP contribution is 2.32. The van der Waals surface area contributed by atoms with Crippen molar-refractivity contribution in [3.8, 4) is 0 Å². The molecule has 0 aliphatic carbocycles. The number of amides is 3. The smallest absolute Gasteiger partial charge is 0.383 e. The fourth-order valence-corrected chi connectivity index (χ4v) is 2.79. The molecule has 0 aliphatic rings. The van der Waals surface area contributed by atoms with Gasteiger partial charge in [-0.2, -0.15) is 18.2 Å². The second-order valence-electron chi connectivity index (χ2n) is 7.95. The van der Waals surface area contributed by atoms with E-state index in [0.717, 1.165) is 6.07 Å². The van der Waals surface area contributed by atoms with Gasteiger partial charge in [0, 0.05) is 23.2 Å². The van der Waals surface area contributed by atoms with Crippen LogP contribution in [0.4, 0.5) is 32.4 Å². The van der Waals surface area contributed by atoms with Gasteiger partial charge in [-0.15, -0.1) is 0 Å². The number of anilines is 1. The number of alkyl halides is 3. The molecule has 0 saturated carbocycles. The van der Waals surface area contributed by atoms with Crippen molar-refractivity contribution in [2.45, 2.75) is 33.5 Å². The largest absolute Gasteiger partial charge is 0.419 e. The molecule has 3 amide bonds. The Hall–Kier alpha value is -3.21. The Morgan fingerprint density at radius 2 is 1.73 bits per heavy atom. The van der Waals surface area contributed by atoms with Crippen molar-refractivity contribution in [1.29, 1.82) is 0 Å². The van der Waals surface area contributed by atoms with Crippen LogP contribution < -0.4 is 16.4 Å². The number of hydrogen-bond donors (Lipinski definition) is 3. The molecule has 0 unspecified atom stereocenters. The zero-order chi connectivity index (χ0) is 25.1. The van der Waals surface area contributed by atoms with Gasteiger partial charge in [-0.3, -0.25) is 4.79 Å². The Balaban J connectivity index is 2.23. The molecule has 12 heteroatoms. The lowest BCUT2D eigenvalue weighted by atomic mass is 9.95. The Morgan fingerprint density at radius 1 is 1.09 bits per heavy atom. The first kappa shape index (κ1) is 26.0. The van der Waals surface area contributed by atoms with Crippen LogP contribution in [0.5, 0.6) is 0 Å². The molecule has 0 aliphatic heterocycles. The number of urea groups is 1. The number of carbonyl (C=O) groups excluding carboxylic acids is 2. The van der Waals surface area contributed by atoms with E-state index in [9.17, 15) is 31.5 Å². The fourth-order valence-electron chi connectivity index (χ4n) is 2.55. The average Bonchev–Trinajstić information content (AvgIpc) is 2.65. The van der Waals surface area contributed by atoms with E-state index in [2.05, 4.69) is 10.3 Å². The number of nitrogens with zero attached hydrogens (tertiary/aromatic N) is 1. The minimum absolute atomic E-state index is 0.0235. The van der Waals surface area contributed by atoms with Crippen LogP contribution in [0.2, 0.25) is 5.02 Å². The summed E-state index contributed by atoms with van der Waals surface area (Å²) in [5.74, 6) is -3.49. The summed E-state index contributed by atoms with van der Waals surface area (Å²) >= 11 is 5.98. The molecule has 2 aromatic rings. The minimum atomic E-state index is -4.90. The van der Waals surface area contributed by atoms with Crippen LogP contribution in [0, 0.1) is 17.0 Å². The van der Waals surface area contributed by atoms with Crippen molar-refractivity contribution in [3.63, 3.8) is 0 Å². The first-order chi connectivity index (χ1) is 15.1. The second-order valence-corrected chi connectivity index (χ2v) is 8.35. The Labute approximate surface area is 191 Å². The third-order valence-corrected chi connectivity index (χ3v) is 4.61. The first-order valence-corrected chi connectivity index (χ1v) is 9.76. The molecule has 6 nitrogen and oxygen atoms in total. The molecule has 178 valence electrons. The number of rotatable bonds is 4. The number of aliphatic imine (C=N–C) groups is 1. The van der Waals surface area contributed by atoms with Crippen molar-refractivity contribution in [3.05, 3.63) is 63.7 Å². The summed E-state index contributed by atoms with van der Waals surface area (Å²) in [6, 6.07) is 3.14. The van der Waals surface area contributed by atoms with Crippen LogP contribution in [0.1, 0.15) is 37.5 Å². The van der Waals surface area contributed by atoms with Gasteiger partial charge in [-0.05, 0) is 24.3 Å². The number of nitrogens with two attached hydrogens (primary N) is 1. The van der Waals surface area contributed by atoms with Gasteiger partial charge in [0.15, 0.2) is 0 Å². The fraction of sp³-hybridized carbons (Fsp3) is 0.286. The predicted molar refractivity (Wildman–Crippen MR) is 114 cm³/mol. The maximum atomic E-state index is 14.9. The van der Waals surface area contributed by atoms with Gasteiger partial charge in [0.2, 0.25) is 5.91 Å². The number of carbonyl (C=O) groups is 2. The third-order valence-electron chi connectivity index (χ3n) is 4.30. The molecular formula is C21H20ClF5N4O2. The first-order valence-electron chi connectivity index (χ1n) is 9.38. The summed E-state index contributed by atoms with van der Waals surface area (Å²) in [7, 11) is 0. The average molecular weight is 491 g/mol. The lowest BCUT2D eigenvalue weighted by Gasteiger charge is -2.18. The van der Waals surface area contributed by atoms with Gasteiger partial charge < -0.3 is 16.4 Å². The molecule has 0 atom stereocenters.